The molecule has 5 nitrogen and oxygen atoms in total. The second kappa shape index (κ2) is 13.5. The highest BCUT2D eigenvalue weighted by molar-refractivity contribution is 7.54. The van der Waals surface area contributed by atoms with Gasteiger partial charge in [0.1, 0.15) is 17.0 Å². The van der Waals surface area contributed by atoms with Gasteiger partial charge in [-0.1, -0.05) is 57.9 Å². The molecule has 1 aliphatic rings. The van der Waals surface area contributed by atoms with E-state index in [0.717, 1.165) is 32.1 Å². The molecule has 0 aromatic heterocycles. The highest BCUT2D eigenvalue weighted by Gasteiger charge is 2.48. The van der Waals surface area contributed by atoms with Gasteiger partial charge in [-0.2, -0.15) is 0 Å². The van der Waals surface area contributed by atoms with Crippen molar-refractivity contribution in [1.29, 1.82) is 0 Å². The zero-order valence-electron chi connectivity index (χ0n) is 22.0. The van der Waals surface area contributed by atoms with Crippen LogP contribution in [0.2, 0.25) is 0 Å². The summed E-state index contributed by atoms with van der Waals surface area (Å²) in [6, 6.07) is 8.69. The molecular formula is C29H38F2NO4P. The summed E-state index contributed by atoms with van der Waals surface area (Å²) in [5, 5.41) is 2.94. The summed E-state index contributed by atoms with van der Waals surface area (Å²) < 4.78 is 53.6. The zero-order valence-corrected chi connectivity index (χ0v) is 22.9. The number of amides is 1. The van der Waals surface area contributed by atoms with Crippen molar-refractivity contribution in [1.82, 2.24) is 5.32 Å². The van der Waals surface area contributed by atoms with Gasteiger partial charge >= 0.3 is 7.60 Å². The smallest absolute Gasteiger partial charge is 0.334 e. The van der Waals surface area contributed by atoms with Crippen molar-refractivity contribution in [2.75, 3.05) is 25.9 Å². The molecule has 37 heavy (non-hydrogen) atoms. The van der Waals surface area contributed by atoms with Gasteiger partial charge in [0, 0.05) is 6.54 Å². The first-order valence-electron chi connectivity index (χ1n) is 13.2. The van der Waals surface area contributed by atoms with Crippen molar-refractivity contribution in [2.24, 2.45) is 0 Å². The largest absolute Gasteiger partial charge is 0.355 e. The monoisotopic (exact) mass is 533 g/mol. The SMILES string of the molecule is CCCCOP(=O)(CC=CCC1(C(=O)NCCC)c2cc(F)ccc2-c2ccc(F)cc21)OCCCC. The molecule has 0 saturated carbocycles. The molecule has 1 amide bonds. The molecule has 0 unspecified atom stereocenters. The number of nitrogens with one attached hydrogen (secondary N) is 1. The van der Waals surface area contributed by atoms with E-state index in [-0.39, 0.29) is 18.5 Å². The van der Waals surface area contributed by atoms with E-state index in [4.69, 9.17) is 9.05 Å². The number of rotatable bonds is 15. The average molecular weight is 534 g/mol. The second-order valence-electron chi connectivity index (χ2n) is 9.38. The molecule has 0 atom stereocenters. The molecule has 3 rings (SSSR count). The maximum absolute atomic E-state index is 14.5. The number of carbonyl (C=O) groups excluding carboxylic acids is 1. The Balaban J connectivity index is 1.96. The number of hydrogen-bond donors (Lipinski definition) is 1. The molecule has 0 bridgehead atoms. The normalized spacial score (nSPS) is 14.1. The number of allylic oxidation sites excluding steroid dienone is 2. The molecule has 2 aromatic carbocycles. The van der Waals surface area contributed by atoms with E-state index in [1.165, 1.54) is 24.3 Å². The topological polar surface area (TPSA) is 64.6 Å². The summed E-state index contributed by atoms with van der Waals surface area (Å²) in [7, 11) is -3.36. The van der Waals surface area contributed by atoms with Gasteiger partial charge in [-0.25, -0.2) is 8.78 Å². The molecule has 2 aromatic rings. The Morgan fingerprint density at radius 3 is 1.92 bits per heavy atom. The molecule has 0 fully saturated rings. The van der Waals surface area contributed by atoms with Gasteiger partial charge in [-0.3, -0.25) is 9.36 Å². The van der Waals surface area contributed by atoms with E-state index < -0.39 is 24.6 Å². The fourth-order valence-electron chi connectivity index (χ4n) is 4.60. The lowest BCUT2D eigenvalue weighted by Gasteiger charge is -2.30. The summed E-state index contributed by atoms with van der Waals surface area (Å²) >= 11 is 0. The first-order chi connectivity index (χ1) is 17.8. The average Bonchev–Trinajstić information content (AvgIpc) is 3.14. The lowest BCUT2D eigenvalue weighted by Crippen LogP contribution is -2.44. The number of hydrogen-bond acceptors (Lipinski definition) is 4. The Kier molecular flexibility index (Phi) is 10.6. The van der Waals surface area contributed by atoms with Crippen LogP contribution in [0.3, 0.4) is 0 Å². The second-order valence-corrected chi connectivity index (χ2v) is 11.5. The van der Waals surface area contributed by atoms with Crippen molar-refractivity contribution < 1.29 is 27.2 Å². The van der Waals surface area contributed by atoms with Crippen molar-refractivity contribution in [3.8, 4) is 11.1 Å². The van der Waals surface area contributed by atoms with E-state index in [1.807, 2.05) is 20.8 Å². The van der Waals surface area contributed by atoms with Crippen LogP contribution < -0.4 is 5.32 Å². The highest BCUT2D eigenvalue weighted by Crippen LogP contribution is 2.52. The quantitative estimate of drug-likeness (QED) is 0.146. The van der Waals surface area contributed by atoms with Gasteiger partial charge in [0.15, 0.2) is 0 Å². The summed E-state index contributed by atoms with van der Waals surface area (Å²) in [6.45, 7) is 7.12. The summed E-state index contributed by atoms with van der Waals surface area (Å²) in [6.07, 6.45) is 7.73. The van der Waals surface area contributed by atoms with Crippen LogP contribution in [0.4, 0.5) is 8.78 Å². The molecule has 0 spiro atoms. The Bertz CT molecular complexity index is 1090. The van der Waals surface area contributed by atoms with Crippen LogP contribution in [-0.2, 0) is 23.8 Å². The van der Waals surface area contributed by atoms with Crippen molar-refractivity contribution in [2.45, 2.75) is 64.7 Å². The minimum Gasteiger partial charge on any atom is -0.355 e. The van der Waals surface area contributed by atoms with Crippen LogP contribution in [0.1, 0.15) is 70.4 Å². The predicted octanol–water partition coefficient (Wildman–Crippen LogP) is 7.53. The molecule has 1 N–H and O–H groups in total. The van der Waals surface area contributed by atoms with Crippen molar-refractivity contribution in [3.05, 3.63) is 71.3 Å². The number of unbranched alkanes of at least 4 members (excludes halogenated alkanes) is 2. The first kappa shape index (κ1) is 29.2. The number of fused-ring (bicyclic) bond motifs is 3. The predicted molar refractivity (Wildman–Crippen MR) is 144 cm³/mol. The van der Waals surface area contributed by atoms with Gasteiger partial charge in [-0.05, 0) is 72.2 Å². The standard InChI is InChI=1S/C29H38F2NO4P/c1-4-7-17-35-37(34,36-18-8-5-2)19-10-9-15-29(28(33)32-16-6-3)26-20-22(30)11-13-24(26)25-14-12-23(31)21-27(25)29/h9-14,20-21H,4-8,15-19H2,1-3H3,(H,32,33). The zero-order chi connectivity index (χ0) is 26.9. The molecule has 202 valence electrons. The highest BCUT2D eigenvalue weighted by atomic mass is 31.2. The molecule has 0 heterocycles. The number of halogens is 2. The maximum atomic E-state index is 14.5. The summed E-state index contributed by atoms with van der Waals surface area (Å²) in [4.78, 5) is 13.7. The van der Waals surface area contributed by atoms with E-state index in [9.17, 15) is 18.1 Å². The number of carbonyl (C=O) groups is 1. The molecule has 1 aliphatic carbocycles. The van der Waals surface area contributed by atoms with E-state index in [1.54, 1.807) is 24.3 Å². The van der Waals surface area contributed by atoms with Gasteiger partial charge < -0.3 is 14.4 Å². The summed E-state index contributed by atoms with van der Waals surface area (Å²) in [5.41, 5.74) is 1.07. The minimum absolute atomic E-state index is 0.0547. The third kappa shape index (κ3) is 6.76. The minimum atomic E-state index is -3.36. The molecular weight excluding hydrogens is 495 g/mol. The Morgan fingerprint density at radius 2 is 1.43 bits per heavy atom. The Labute approximate surface area is 219 Å². The fraction of sp³-hybridized carbons (Fsp3) is 0.483. The molecule has 8 heteroatoms. The van der Waals surface area contributed by atoms with Crippen molar-refractivity contribution in [3.63, 3.8) is 0 Å². The van der Waals surface area contributed by atoms with Gasteiger partial charge in [0.25, 0.3) is 0 Å². The van der Waals surface area contributed by atoms with E-state index >= 15 is 0 Å². The van der Waals surface area contributed by atoms with Crippen LogP contribution in [0.25, 0.3) is 11.1 Å². The van der Waals surface area contributed by atoms with E-state index in [0.29, 0.717) is 42.0 Å². The third-order valence-electron chi connectivity index (χ3n) is 6.59. The van der Waals surface area contributed by atoms with Gasteiger partial charge in [0.2, 0.25) is 5.91 Å². The lowest BCUT2D eigenvalue weighted by atomic mass is 9.74. The Hall–Kier alpha value is -2.34. The fourth-order valence-corrected chi connectivity index (χ4v) is 6.11. The lowest BCUT2D eigenvalue weighted by molar-refractivity contribution is -0.125. The molecule has 0 saturated heterocycles. The Morgan fingerprint density at radius 1 is 0.892 bits per heavy atom. The summed E-state index contributed by atoms with van der Waals surface area (Å²) in [5.74, 6) is -1.26. The van der Waals surface area contributed by atoms with Crippen LogP contribution in [-0.4, -0.2) is 31.8 Å². The third-order valence-corrected chi connectivity index (χ3v) is 8.40. The van der Waals surface area contributed by atoms with Crippen molar-refractivity contribution >= 4 is 13.5 Å². The van der Waals surface area contributed by atoms with E-state index in [2.05, 4.69) is 5.32 Å². The first-order valence-corrected chi connectivity index (χ1v) is 15.0. The molecule has 0 aliphatic heterocycles. The van der Waals surface area contributed by atoms with Crippen LogP contribution >= 0.6 is 7.60 Å². The van der Waals surface area contributed by atoms with Gasteiger partial charge in [0.05, 0.1) is 19.4 Å². The van der Waals surface area contributed by atoms with Crippen LogP contribution in [0.15, 0.2) is 48.6 Å². The van der Waals surface area contributed by atoms with Crippen LogP contribution in [0, 0.1) is 11.6 Å². The number of benzene rings is 2. The maximum Gasteiger partial charge on any atom is 0.334 e. The van der Waals surface area contributed by atoms with Crippen LogP contribution in [0.5, 0.6) is 0 Å². The molecule has 0 radical (unpaired) electrons. The van der Waals surface area contributed by atoms with Gasteiger partial charge in [-0.15, -0.1) is 0 Å².